The number of fused-ring (bicyclic) bond motifs is 1. The van der Waals surface area contributed by atoms with Crippen molar-refractivity contribution in [1.82, 2.24) is 0 Å². The Bertz CT molecular complexity index is 882. The van der Waals surface area contributed by atoms with Gasteiger partial charge in [0.25, 0.3) is 0 Å². The van der Waals surface area contributed by atoms with Crippen molar-refractivity contribution in [3.05, 3.63) is 53.3 Å². The minimum absolute atomic E-state index is 0.118. The molecule has 2 aromatic rings. The average molecular weight is 445 g/mol. The zero-order chi connectivity index (χ0) is 22.6. The maximum absolute atomic E-state index is 14.5. The number of alkyl halides is 2. The molecule has 4 heteroatoms. The van der Waals surface area contributed by atoms with Crippen LogP contribution >= 0.6 is 0 Å². The lowest BCUT2D eigenvalue weighted by Gasteiger charge is -2.29. The van der Waals surface area contributed by atoms with E-state index in [1.165, 1.54) is 75.8 Å². The Morgan fingerprint density at radius 1 is 0.906 bits per heavy atom. The Morgan fingerprint density at radius 3 is 2.34 bits per heavy atom. The van der Waals surface area contributed by atoms with E-state index in [2.05, 4.69) is 23.8 Å². The molecule has 0 radical (unpaired) electrons. The number of aryl methyl sites for hydroxylation is 1. The quantitative estimate of drug-likeness (QED) is 0.369. The molecule has 1 aliphatic heterocycles. The second kappa shape index (κ2) is 10.3. The number of benzene rings is 2. The summed E-state index contributed by atoms with van der Waals surface area (Å²) >= 11 is 0. The lowest BCUT2D eigenvalue weighted by Crippen LogP contribution is -2.30. The van der Waals surface area contributed by atoms with E-state index < -0.39 is 18.3 Å². The van der Waals surface area contributed by atoms with Crippen molar-refractivity contribution in [3.63, 3.8) is 0 Å². The molecular formula is C28H35F3O. The topological polar surface area (TPSA) is 9.23 Å². The van der Waals surface area contributed by atoms with Crippen molar-refractivity contribution in [2.75, 3.05) is 0 Å². The van der Waals surface area contributed by atoms with Gasteiger partial charge in [-0.2, -0.15) is 8.78 Å². The second-order valence-corrected chi connectivity index (χ2v) is 9.73. The molecule has 0 saturated heterocycles. The average Bonchev–Trinajstić information content (AvgIpc) is 2.79. The zero-order valence-corrected chi connectivity index (χ0v) is 19.1. The van der Waals surface area contributed by atoms with Gasteiger partial charge in [0.15, 0.2) is 11.6 Å². The maximum Gasteiger partial charge on any atom is 0.398 e. The van der Waals surface area contributed by atoms with Crippen molar-refractivity contribution < 1.29 is 17.9 Å². The highest BCUT2D eigenvalue weighted by molar-refractivity contribution is 5.66. The SMILES string of the molecule is CCCCCCCC1CCC(c2ccc(-c3cc(F)c4c(c3)CCC(F)(F)O4)cc2)CC1. The van der Waals surface area contributed by atoms with Crippen LogP contribution in [0.25, 0.3) is 11.1 Å². The van der Waals surface area contributed by atoms with Crippen LogP contribution in [0, 0.1) is 11.7 Å². The number of unbranched alkanes of at least 4 members (excludes halogenated alkanes) is 4. The summed E-state index contributed by atoms with van der Waals surface area (Å²) in [6.07, 6.45) is 9.75. The number of ether oxygens (including phenoxy) is 1. The summed E-state index contributed by atoms with van der Waals surface area (Å²) in [4.78, 5) is 0. The molecule has 1 fully saturated rings. The van der Waals surface area contributed by atoms with Crippen LogP contribution in [-0.2, 0) is 6.42 Å². The summed E-state index contributed by atoms with van der Waals surface area (Å²) in [5, 5.41) is 0. The molecule has 0 atom stereocenters. The molecule has 0 spiro atoms. The summed E-state index contributed by atoms with van der Waals surface area (Å²) in [5.41, 5.74) is 3.50. The molecule has 2 aromatic carbocycles. The third-order valence-electron chi connectivity index (χ3n) is 7.34. The molecule has 1 heterocycles. The van der Waals surface area contributed by atoms with Gasteiger partial charge in [0.1, 0.15) is 0 Å². The van der Waals surface area contributed by atoms with Gasteiger partial charge in [-0.25, -0.2) is 4.39 Å². The van der Waals surface area contributed by atoms with E-state index in [9.17, 15) is 13.2 Å². The van der Waals surface area contributed by atoms with Crippen LogP contribution < -0.4 is 4.74 Å². The van der Waals surface area contributed by atoms with Crippen molar-refractivity contribution in [3.8, 4) is 16.9 Å². The van der Waals surface area contributed by atoms with E-state index >= 15 is 0 Å². The first-order chi connectivity index (χ1) is 15.4. The molecule has 0 amide bonds. The maximum atomic E-state index is 14.5. The highest BCUT2D eigenvalue weighted by atomic mass is 19.3. The first-order valence-electron chi connectivity index (χ1n) is 12.4. The van der Waals surface area contributed by atoms with E-state index in [0.717, 1.165) is 11.5 Å². The molecule has 0 aromatic heterocycles. The van der Waals surface area contributed by atoms with Gasteiger partial charge in [-0.1, -0.05) is 69.7 Å². The van der Waals surface area contributed by atoms with Crippen LogP contribution in [0.2, 0.25) is 0 Å². The number of rotatable bonds is 8. The van der Waals surface area contributed by atoms with Gasteiger partial charge in [-0.3, -0.25) is 0 Å². The first-order valence-corrected chi connectivity index (χ1v) is 12.4. The number of hydrogen-bond donors (Lipinski definition) is 0. The van der Waals surface area contributed by atoms with E-state index in [-0.39, 0.29) is 12.2 Å². The first kappa shape index (κ1) is 23.2. The van der Waals surface area contributed by atoms with Gasteiger partial charge < -0.3 is 4.74 Å². The molecule has 32 heavy (non-hydrogen) atoms. The lowest BCUT2D eigenvalue weighted by molar-refractivity contribution is -0.188. The number of halogens is 3. The Labute approximate surface area is 190 Å². The second-order valence-electron chi connectivity index (χ2n) is 9.73. The van der Waals surface area contributed by atoms with E-state index in [4.69, 9.17) is 0 Å². The molecule has 1 aliphatic carbocycles. The Hall–Kier alpha value is -1.97. The van der Waals surface area contributed by atoms with Crippen molar-refractivity contribution in [2.24, 2.45) is 5.92 Å². The molecule has 0 unspecified atom stereocenters. The van der Waals surface area contributed by atoms with Crippen LogP contribution in [0.15, 0.2) is 36.4 Å². The summed E-state index contributed by atoms with van der Waals surface area (Å²) < 4.78 is 45.9. The van der Waals surface area contributed by atoms with Crippen molar-refractivity contribution in [2.45, 2.75) is 96.0 Å². The van der Waals surface area contributed by atoms with Gasteiger partial charge >= 0.3 is 6.11 Å². The van der Waals surface area contributed by atoms with Crippen LogP contribution in [0.5, 0.6) is 5.75 Å². The summed E-state index contributed by atoms with van der Waals surface area (Å²) in [5.74, 6) is 0.481. The fraction of sp³-hybridized carbons (Fsp3) is 0.571. The van der Waals surface area contributed by atoms with Crippen molar-refractivity contribution in [1.29, 1.82) is 0 Å². The van der Waals surface area contributed by atoms with Crippen LogP contribution in [0.3, 0.4) is 0 Å². The van der Waals surface area contributed by atoms with E-state index in [1.54, 1.807) is 6.07 Å². The highest BCUT2D eigenvalue weighted by Gasteiger charge is 2.37. The van der Waals surface area contributed by atoms with Gasteiger partial charge in [0.05, 0.1) is 6.42 Å². The molecular weight excluding hydrogens is 409 g/mol. The molecule has 4 rings (SSSR count). The zero-order valence-electron chi connectivity index (χ0n) is 19.1. The van der Waals surface area contributed by atoms with Gasteiger partial charge in [-0.05, 0) is 78.3 Å². The highest BCUT2D eigenvalue weighted by Crippen LogP contribution is 2.41. The molecule has 1 nitrogen and oxygen atoms in total. The molecule has 2 aliphatic rings. The Morgan fingerprint density at radius 2 is 1.62 bits per heavy atom. The van der Waals surface area contributed by atoms with Crippen LogP contribution in [-0.4, -0.2) is 6.11 Å². The molecule has 0 N–H and O–H groups in total. The summed E-state index contributed by atoms with van der Waals surface area (Å²) in [6.45, 7) is 2.26. The predicted molar refractivity (Wildman–Crippen MR) is 124 cm³/mol. The molecule has 1 saturated carbocycles. The Kier molecular flexibility index (Phi) is 7.48. The molecule has 0 bridgehead atoms. The smallest absolute Gasteiger partial charge is 0.398 e. The Balaban J connectivity index is 1.34. The standard InChI is InChI=1S/C28H35F3O/c1-2-3-4-5-6-7-20-8-10-21(11-9-20)22-12-14-23(15-13-22)25-18-24-16-17-28(30,31)32-27(24)26(29)19-25/h12-15,18-21H,2-11,16-17H2,1H3. The minimum Gasteiger partial charge on any atom is -0.429 e. The monoisotopic (exact) mass is 444 g/mol. The van der Waals surface area contributed by atoms with E-state index in [1.807, 2.05) is 12.1 Å². The minimum atomic E-state index is -3.29. The predicted octanol–water partition coefficient (Wildman–Crippen LogP) is 9.04. The van der Waals surface area contributed by atoms with Gasteiger partial charge in [0, 0.05) is 0 Å². The normalized spacial score (nSPS) is 22.2. The molecule has 174 valence electrons. The number of hydrogen-bond acceptors (Lipinski definition) is 1. The van der Waals surface area contributed by atoms with E-state index in [0.29, 0.717) is 17.0 Å². The van der Waals surface area contributed by atoms with Crippen LogP contribution in [0.1, 0.15) is 94.6 Å². The summed E-state index contributed by atoms with van der Waals surface area (Å²) in [7, 11) is 0. The third kappa shape index (κ3) is 5.68. The fourth-order valence-corrected chi connectivity index (χ4v) is 5.37. The largest absolute Gasteiger partial charge is 0.429 e. The van der Waals surface area contributed by atoms with Gasteiger partial charge in [0.2, 0.25) is 0 Å². The summed E-state index contributed by atoms with van der Waals surface area (Å²) in [6, 6.07) is 11.5. The van der Waals surface area contributed by atoms with Crippen molar-refractivity contribution >= 4 is 0 Å². The fourth-order valence-electron chi connectivity index (χ4n) is 5.37. The lowest BCUT2D eigenvalue weighted by atomic mass is 9.77. The third-order valence-corrected chi connectivity index (χ3v) is 7.34. The van der Waals surface area contributed by atoms with Gasteiger partial charge in [-0.15, -0.1) is 0 Å². The van der Waals surface area contributed by atoms with Crippen LogP contribution in [0.4, 0.5) is 13.2 Å².